The maximum atomic E-state index is 12.5. The molecule has 2 rings (SSSR count). The number of carbonyl (C=O) groups is 2. The van der Waals surface area contributed by atoms with Gasteiger partial charge in [0.05, 0.1) is 24.2 Å². The fraction of sp³-hybridized carbons (Fsp3) is 0.263. The average molecular weight is 372 g/mol. The summed E-state index contributed by atoms with van der Waals surface area (Å²) in [6.45, 7) is 3.11. The number of nitro groups is 1. The second kappa shape index (κ2) is 9.44. The minimum absolute atomic E-state index is 0.00638. The number of rotatable bonds is 8. The zero-order chi connectivity index (χ0) is 19.8. The zero-order valence-electron chi connectivity index (χ0n) is 15.1. The SMILES string of the molecule is CCOCc1ccccc1CNC(=O)c1cc(C(=O)OC)cc([N+](=O)[O-])c1. The van der Waals surface area contributed by atoms with E-state index in [4.69, 9.17) is 4.74 Å². The van der Waals surface area contributed by atoms with Gasteiger partial charge in [-0.1, -0.05) is 24.3 Å². The second-order valence-electron chi connectivity index (χ2n) is 5.61. The molecule has 8 heteroatoms. The number of nitrogens with one attached hydrogen (secondary N) is 1. The van der Waals surface area contributed by atoms with Gasteiger partial charge in [0.2, 0.25) is 0 Å². The van der Waals surface area contributed by atoms with Crippen molar-refractivity contribution in [1.29, 1.82) is 0 Å². The van der Waals surface area contributed by atoms with Gasteiger partial charge < -0.3 is 14.8 Å². The van der Waals surface area contributed by atoms with Crippen LogP contribution >= 0.6 is 0 Å². The maximum Gasteiger partial charge on any atom is 0.338 e. The molecule has 0 spiro atoms. The molecule has 8 nitrogen and oxygen atoms in total. The Kier molecular flexibility index (Phi) is 7.01. The third-order valence-electron chi connectivity index (χ3n) is 3.83. The smallest absolute Gasteiger partial charge is 0.338 e. The number of nitrogens with zero attached hydrogens (tertiary/aromatic N) is 1. The van der Waals surface area contributed by atoms with Crippen molar-refractivity contribution in [2.24, 2.45) is 0 Å². The van der Waals surface area contributed by atoms with Crippen molar-refractivity contribution in [2.45, 2.75) is 20.1 Å². The molecule has 142 valence electrons. The van der Waals surface area contributed by atoms with E-state index in [-0.39, 0.29) is 23.4 Å². The number of benzene rings is 2. The quantitative estimate of drug-likeness (QED) is 0.434. The van der Waals surface area contributed by atoms with Gasteiger partial charge in [-0.25, -0.2) is 4.79 Å². The number of carbonyl (C=O) groups excluding carboxylic acids is 2. The summed E-state index contributed by atoms with van der Waals surface area (Å²) in [6.07, 6.45) is 0. The number of non-ortho nitro benzene ring substituents is 1. The lowest BCUT2D eigenvalue weighted by Gasteiger charge is -2.11. The van der Waals surface area contributed by atoms with Crippen molar-refractivity contribution in [3.63, 3.8) is 0 Å². The molecule has 1 amide bonds. The number of hydrogen-bond acceptors (Lipinski definition) is 6. The van der Waals surface area contributed by atoms with Crippen LogP contribution in [-0.2, 0) is 22.6 Å². The first-order valence-corrected chi connectivity index (χ1v) is 8.26. The van der Waals surface area contributed by atoms with E-state index in [1.54, 1.807) is 0 Å². The summed E-state index contributed by atoms with van der Waals surface area (Å²) in [5.74, 6) is -1.29. The number of esters is 1. The Balaban J connectivity index is 2.20. The lowest BCUT2D eigenvalue weighted by Crippen LogP contribution is -2.24. The highest BCUT2D eigenvalue weighted by Crippen LogP contribution is 2.18. The first-order valence-electron chi connectivity index (χ1n) is 8.26. The van der Waals surface area contributed by atoms with Gasteiger partial charge in [0.15, 0.2) is 0 Å². The monoisotopic (exact) mass is 372 g/mol. The van der Waals surface area contributed by atoms with E-state index < -0.39 is 16.8 Å². The minimum Gasteiger partial charge on any atom is -0.465 e. The van der Waals surface area contributed by atoms with E-state index in [1.807, 2.05) is 31.2 Å². The summed E-state index contributed by atoms with van der Waals surface area (Å²) in [4.78, 5) is 34.6. The molecule has 0 unspecified atom stereocenters. The van der Waals surface area contributed by atoms with E-state index in [0.29, 0.717) is 13.2 Å². The zero-order valence-corrected chi connectivity index (χ0v) is 15.1. The van der Waals surface area contributed by atoms with Crippen LogP contribution in [0, 0.1) is 10.1 Å². The van der Waals surface area contributed by atoms with Gasteiger partial charge in [-0.05, 0) is 24.1 Å². The van der Waals surface area contributed by atoms with Crippen molar-refractivity contribution in [3.05, 3.63) is 74.8 Å². The topological polar surface area (TPSA) is 108 Å². The van der Waals surface area contributed by atoms with E-state index in [1.165, 1.54) is 6.07 Å². The van der Waals surface area contributed by atoms with Gasteiger partial charge in [-0.15, -0.1) is 0 Å². The number of hydrogen-bond donors (Lipinski definition) is 1. The lowest BCUT2D eigenvalue weighted by molar-refractivity contribution is -0.384. The summed E-state index contributed by atoms with van der Waals surface area (Å²) >= 11 is 0. The molecule has 0 atom stereocenters. The van der Waals surface area contributed by atoms with Crippen LogP contribution in [0.1, 0.15) is 38.8 Å². The normalized spacial score (nSPS) is 10.3. The van der Waals surface area contributed by atoms with Crippen LogP contribution in [0.5, 0.6) is 0 Å². The maximum absolute atomic E-state index is 12.5. The standard InChI is InChI=1S/C19H20N2O6/c1-3-27-12-14-7-5-4-6-13(14)11-20-18(22)15-8-16(19(23)26-2)10-17(9-15)21(24)25/h4-10H,3,11-12H2,1-2H3,(H,20,22). The molecule has 2 aromatic carbocycles. The van der Waals surface area contributed by atoms with Crippen LogP contribution < -0.4 is 5.32 Å². The van der Waals surface area contributed by atoms with E-state index in [0.717, 1.165) is 30.4 Å². The Bertz CT molecular complexity index is 850. The highest BCUT2D eigenvalue weighted by Gasteiger charge is 2.18. The molecular formula is C19H20N2O6. The van der Waals surface area contributed by atoms with Crippen molar-refractivity contribution in [3.8, 4) is 0 Å². The molecule has 2 aromatic rings. The molecule has 0 fully saturated rings. The van der Waals surface area contributed by atoms with E-state index in [9.17, 15) is 19.7 Å². The van der Waals surface area contributed by atoms with Crippen LogP contribution in [0.2, 0.25) is 0 Å². The highest BCUT2D eigenvalue weighted by atomic mass is 16.6. The van der Waals surface area contributed by atoms with Gasteiger partial charge in [0.25, 0.3) is 11.6 Å². The van der Waals surface area contributed by atoms with Crippen LogP contribution in [0.25, 0.3) is 0 Å². The number of ether oxygens (including phenoxy) is 2. The first-order chi connectivity index (χ1) is 13.0. The lowest BCUT2D eigenvalue weighted by atomic mass is 10.1. The Labute approximate surface area is 156 Å². The second-order valence-corrected chi connectivity index (χ2v) is 5.61. The molecule has 0 saturated carbocycles. The van der Waals surface area contributed by atoms with Crippen molar-refractivity contribution in [1.82, 2.24) is 5.32 Å². The van der Waals surface area contributed by atoms with Crippen molar-refractivity contribution < 1.29 is 24.0 Å². The molecule has 0 aliphatic heterocycles. The van der Waals surface area contributed by atoms with E-state index >= 15 is 0 Å². The number of nitro benzene ring substituents is 1. The van der Waals surface area contributed by atoms with Gasteiger partial charge in [-0.2, -0.15) is 0 Å². The molecular weight excluding hydrogens is 352 g/mol. The third-order valence-corrected chi connectivity index (χ3v) is 3.83. The fourth-order valence-electron chi connectivity index (χ4n) is 2.44. The summed E-state index contributed by atoms with van der Waals surface area (Å²) in [6, 6.07) is 10.9. The number of amides is 1. The van der Waals surface area contributed by atoms with Crippen molar-refractivity contribution >= 4 is 17.6 Å². The average Bonchev–Trinajstić information content (AvgIpc) is 2.69. The Morgan fingerprint density at radius 3 is 2.41 bits per heavy atom. The van der Waals surface area contributed by atoms with Gasteiger partial charge in [0.1, 0.15) is 0 Å². The van der Waals surface area contributed by atoms with E-state index in [2.05, 4.69) is 10.1 Å². The van der Waals surface area contributed by atoms with Gasteiger partial charge in [-0.3, -0.25) is 14.9 Å². The molecule has 0 bridgehead atoms. The van der Waals surface area contributed by atoms with Gasteiger partial charge >= 0.3 is 5.97 Å². The highest BCUT2D eigenvalue weighted by molar-refractivity contribution is 5.98. The molecule has 0 aliphatic carbocycles. The molecule has 0 aromatic heterocycles. The molecule has 27 heavy (non-hydrogen) atoms. The van der Waals surface area contributed by atoms with Gasteiger partial charge in [0, 0.05) is 30.8 Å². The Hall–Kier alpha value is -3.26. The van der Waals surface area contributed by atoms with Crippen LogP contribution in [0.15, 0.2) is 42.5 Å². The minimum atomic E-state index is -0.755. The summed E-state index contributed by atoms with van der Waals surface area (Å²) in [7, 11) is 1.16. The van der Waals surface area contributed by atoms with Crippen LogP contribution in [0.3, 0.4) is 0 Å². The first kappa shape index (κ1) is 20.1. The summed E-state index contributed by atoms with van der Waals surface area (Å²) < 4.78 is 9.99. The Morgan fingerprint density at radius 1 is 1.11 bits per heavy atom. The Morgan fingerprint density at radius 2 is 1.78 bits per heavy atom. The molecule has 0 saturated heterocycles. The fourth-order valence-corrected chi connectivity index (χ4v) is 2.44. The van der Waals surface area contributed by atoms with Crippen molar-refractivity contribution in [2.75, 3.05) is 13.7 Å². The number of methoxy groups -OCH3 is 1. The predicted molar refractivity (Wildman–Crippen MR) is 97.4 cm³/mol. The molecule has 0 heterocycles. The summed E-state index contributed by atoms with van der Waals surface area (Å²) in [5.41, 5.74) is 1.40. The molecule has 0 aliphatic rings. The molecule has 0 radical (unpaired) electrons. The predicted octanol–water partition coefficient (Wildman–Crippen LogP) is 2.85. The van der Waals surface area contributed by atoms with Crippen LogP contribution in [-0.4, -0.2) is 30.5 Å². The molecule has 1 N–H and O–H groups in total. The third kappa shape index (κ3) is 5.35. The summed E-state index contributed by atoms with van der Waals surface area (Å²) in [5, 5.41) is 13.8. The largest absolute Gasteiger partial charge is 0.465 e. The van der Waals surface area contributed by atoms with Crippen LogP contribution in [0.4, 0.5) is 5.69 Å².